The third-order valence-corrected chi connectivity index (χ3v) is 5.86. The fraction of sp³-hybridized carbons (Fsp3) is 0.857. The summed E-state index contributed by atoms with van der Waals surface area (Å²) in [6.45, 7) is 3.55. The van der Waals surface area contributed by atoms with Gasteiger partial charge in [-0.15, -0.1) is 0 Å². The van der Waals surface area contributed by atoms with E-state index >= 15 is 0 Å². The number of esters is 2. The molecule has 0 aromatic heterocycles. The number of rotatable bonds is 24. The van der Waals surface area contributed by atoms with Crippen LogP contribution in [-0.2, 0) is 19.1 Å². The average Bonchev–Trinajstić information content (AvgIpc) is 2.82. The third kappa shape index (κ3) is 23.6. The van der Waals surface area contributed by atoms with Crippen molar-refractivity contribution in [3.05, 3.63) is 12.2 Å². The van der Waals surface area contributed by atoms with Gasteiger partial charge >= 0.3 is 11.9 Å². The number of carbonyl (C=O) groups is 2. The van der Waals surface area contributed by atoms with Crippen LogP contribution in [0.2, 0.25) is 0 Å². The van der Waals surface area contributed by atoms with Crippen molar-refractivity contribution in [1.29, 1.82) is 0 Å². The second-order valence-electron chi connectivity index (χ2n) is 9.08. The standard InChI is InChI=1S/C28H52O5/c1-3-5-6-7-8-9-10-11-12-13-14-15-16-17-18-19-20-21-22-23-28(31)33-26(24-29)25-32-27(30)4-2/h11-12,26,29H,3-10,13-25H2,1-2H3/b12-11-. The second-order valence-corrected chi connectivity index (χ2v) is 9.08. The summed E-state index contributed by atoms with van der Waals surface area (Å²) in [6, 6.07) is 0. The maximum Gasteiger partial charge on any atom is 0.306 e. The highest BCUT2D eigenvalue weighted by molar-refractivity contribution is 5.70. The Balaban J connectivity index is 3.38. The van der Waals surface area contributed by atoms with Gasteiger partial charge in [-0.05, 0) is 32.1 Å². The van der Waals surface area contributed by atoms with Crippen molar-refractivity contribution in [1.82, 2.24) is 0 Å². The van der Waals surface area contributed by atoms with Crippen LogP contribution in [0.15, 0.2) is 12.2 Å². The Morgan fingerprint density at radius 1 is 0.697 bits per heavy atom. The molecule has 0 amide bonds. The highest BCUT2D eigenvalue weighted by Crippen LogP contribution is 2.13. The van der Waals surface area contributed by atoms with E-state index in [1.165, 1.54) is 89.9 Å². The van der Waals surface area contributed by atoms with E-state index < -0.39 is 6.10 Å². The highest BCUT2D eigenvalue weighted by Gasteiger charge is 2.15. The van der Waals surface area contributed by atoms with E-state index in [9.17, 15) is 14.7 Å². The van der Waals surface area contributed by atoms with Gasteiger partial charge in [0.1, 0.15) is 6.61 Å². The molecule has 0 heterocycles. The van der Waals surface area contributed by atoms with E-state index in [4.69, 9.17) is 9.47 Å². The molecule has 33 heavy (non-hydrogen) atoms. The number of unbranched alkanes of at least 4 members (excludes halogenated alkanes) is 15. The van der Waals surface area contributed by atoms with Crippen LogP contribution in [0.3, 0.4) is 0 Å². The molecule has 1 atom stereocenters. The Morgan fingerprint density at radius 3 is 1.67 bits per heavy atom. The number of hydrogen-bond donors (Lipinski definition) is 1. The number of ether oxygens (including phenoxy) is 2. The lowest BCUT2D eigenvalue weighted by molar-refractivity contribution is -0.161. The molecule has 0 aromatic rings. The zero-order valence-corrected chi connectivity index (χ0v) is 21.7. The molecular weight excluding hydrogens is 416 g/mol. The summed E-state index contributed by atoms with van der Waals surface area (Å²) in [5.74, 6) is -0.692. The monoisotopic (exact) mass is 468 g/mol. The minimum absolute atomic E-state index is 0.0790. The van der Waals surface area contributed by atoms with Crippen molar-refractivity contribution in [2.75, 3.05) is 13.2 Å². The van der Waals surface area contributed by atoms with Gasteiger partial charge in [-0.25, -0.2) is 0 Å². The summed E-state index contributed by atoms with van der Waals surface area (Å²) in [7, 11) is 0. The molecule has 0 bridgehead atoms. The molecule has 0 saturated carbocycles. The van der Waals surface area contributed by atoms with Gasteiger partial charge in [0.05, 0.1) is 6.61 Å². The molecule has 0 aromatic carbocycles. The maximum atomic E-state index is 11.8. The Hall–Kier alpha value is -1.36. The second kappa shape index (κ2) is 25.3. The van der Waals surface area contributed by atoms with Crippen LogP contribution in [0.25, 0.3) is 0 Å². The van der Waals surface area contributed by atoms with Crippen LogP contribution in [0.4, 0.5) is 0 Å². The molecule has 0 aliphatic carbocycles. The van der Waals surface area contributed by atoms with Gasteiger partial charge in [-0.1, -0.05) is 103 Å². The maximum absolute atomic E-state index is 11.8. The number of allylic oxidation sites excluding steroid dienone is 2. The van der Waals surface area contributed by atoms with Crippen LogP contribution < -0.4 is 0 Å². The molecule has 194 valence electrons. The van der Waals surface area contributed by atoms with E-state index in [2.05, 4.69) is 19.1 Å². The quantitative estimate of drug-likeness (QED) is 0.0905. The number of hydrogen-bond acceptors (Lipinski definition) is 5. The first-order chi connectivity index (χ1) is 16.1. The summed E-state index contributed by atoms with van der Waals surface area (Å²) in [5.41, 5.74) is 0. The van der Waals surface area contributed by atoms with Crippen molar-refractivity contribution in [2.24, 2.45) is 0 Å². The average molecular weight is 469 g/mol. The first kappa shape index (κ1) is 31.6. The lowest BCUT2D eigenvalue weighted by atomic mass is 10.1. The summed E-state index contributed by atoms with van der Waals surface area (Å²) in [5, 5.41) is 9.22. The first-order valence-electron chi connectivity index (χ1n) is 13.7. The van der Waals surface area contributed by atoms with Gasteiger partial charge in [0.2, 0.25) is 0 Å². The molecule has 0 saturated heterocycles. The van der Waals surface area contributed by atoms with Crippen LogP contribution in [0.1, 0.15) is 136 Å². The zero-order chi connectivity index (χ0) is 24.4. The molecule has 0 radical (unpaired) electrons. The molecule has 0 aliphatic rings. The van der Waals surface area contributed by atoms with Gasteiger partial charge in [0.15, 0.2) is 6.10 Å². The molecule has 5 heteroatoms. The predicted octanol–water partition coefficient (Wildman–Crippen LogP) is 7.44. The molecular formula is C28H52O5. The van der Waals surface area contributed by atoms with Gasteiger partial charge in [0.25, 0.3) is 0 Å². The molecule has 5 nitrogen and oxygen atoms in total. The van der Waals surface area contributed by atoms with E-state index in [1.807, 2.05) is 0 Å². The van der Waals surface area contributed by atoms with Crippen molar-refractivity contribution < 1.29 is 24.2 Å². The number of aliphatic hydroxyl groups is 1. The van der Waals surface area contributed by atoms with Crippen LogP contribution in [0, 0.1) is 0 Å². The van der Waals surface area contributed by atoms with Crippen LogP contribution in [0.5, 0.6) is 0 Å². The normalized spacial score (nSPS) is 12.2. The third-order valence-electron chi connectivity index (χ3n) is 5.86. The number of aliphatic hydroxyl groups excluding tert-OH is 1. The SMILES string of the molecule is CCCCCCCC/C=C\CCCCCCCCCCCC(=O)OC(CO)COC(=O)CC. The van der Waals surface area contributed by atoms with Crippen molar-refractivity contribution in [3.8, 4) is 0 Å². The van der Waals surface area contributed by atoms with Crippen LogP contribution in [-0.4, -0.2) is 36.4 Å². The molecule has 0 fully saturated rings. The largest absolute Gasteiger partial charge is 0.462 e. The topological polar surface area (TPSA) is 72.8 Å². The molecule has 1 N–H and O–H groups in total. The fourth-order valence-electron chi connectivity index (χ4n) is 3.70. The van der Waals surface area contributed by atoms with E-state index in [-0.39, 0.29) is 31.6 Å². The number of carbonyl (C=O) groups excluding carboxylic acids is 2. The summed E-state index contributed by atoms with van der Waals surface area (Å²) < 4.78 is 10.1. The van der Waals surface area contributed by atoms with E-state index in [0.717, 1.165) is 19.3 Å². The molecule has 0 rings (SSSR count). The van der Waals surface area contributed by atoms with Crippen molar-refractivity contribution in [3.63, 3.8) is 0 Å². The smallest absolute Gasteiger partial charge is 0.306 e. The van der Waals surface area contributed by atoms with Gasteiger partial charge in [0, 0.05) is 12.8 Å². The Morgan fingerprint density at radius 2 is 1.18 bits per heavy atom. The highest BCUT2D eigenvalue weighted by atomic mass is 16.6. The van der Waals surface area contributed by atoms with Crippen LogP contribution >= 0.6 is 0 Å². The van der Waals surface area contributed by atoms with Crippen molar-refractivity contribution >= 4 is 11.9 Å². The zero-order valence-electron chi connectivity index (χ0n) is 21.7. The van der Waals surface area contributed by atoms with E-state index in [1.54, 1.807) is 6.92 Å². The van der Waals surface area contributed by atoms with E-state index in [0.29, 0.717) is 6.42 Å². The minimum atomic E-state index is -0.760. The predicted molar refractivity (Wildman–Crippen MR) is 136 cm³/mol. The Kier molecular flexibility index (Phi) is 24.2. The summed E-state index contributed by atoms with van der Waals surface area (Å²) in [6.07, 6.45) is 26.1. The first-order valence-corrected chi connectivity index (χ1v) is 13.7. The van der Waals surface area contributed by atoms with Gasteiger partial charge in [-0.2, -0.15) is 0 Å². The summed E-state index contributed by atoms with van der Waals surface area (Å²) in [4.78, 5) is 23.0. The lowest BCUT2D eigenvalue weighted by Gasteiger charge is -2.15. The Labute approximate surface area is 203 Å². The summed E-state index contributed by atoms with van der Waals surface area (Å²) >= 11 is 0. The van der Waals surface area contributed by atoms with Gasteiger partial charge in [-0.3, -0.25) is 9.59 Å². The molecule has 0 aliphatic heterocycles. The molecule has 0 spiro atoms. The fourth-order valence-corrected chi connectivity index (χ4v) is 3.70. The van der Waals surface area contributed by atoms with Gasteiger partial charge < -0.3 is 14.6 Å². The lowest BCUT2D eigenvalue weighted by Crippen LogP contribution is -2.28. The molecule has 1 unspecified atom stereocenters. The van der Waals surface area contributed by atoms with Crippen molar-refractivity contribution in [2.45, 2.75) is 142 Å². The Bertz CT molecular complexity index is 475. The minimum Gasteiger partial charge on any atom is -0.462 e.